The van der Waals surface area contributed by atoms with Crippen molar-refractivity contribution in [2.45, 2.75) is 6.92 Å². The Bertz CT molecular complexity index is 1030. The van der Waals surface area contributed by atoms with E-state index in [0.717, 1.165) is 39.0 Å². The molecule has 0 fully saturated rings. The Morgan fingerprint density at radius 2 is 2.00 bits per heavy atom. The summed E-state index contributed by atoms with van der Waals surface area (Å²) in [4.78, 5) is 17.9. The lowest BCUT2D eigenvalue weighted by Gasteiger charge is -2.20. The molecule has 0 spiro atoms. The summed E-state index contributed by atoms with van der Waals surface area (Å²) < 4.78 is 5.31. The molecule has 5 nitrogen and oxygen atoms in total. The summed E-state index contributed by atoms with van der Waals surface area (Å²) in [6.45, 7) is 1.84. The second-order valence-corrected chi connectivity index (χ2v) is 6.75. The fourth-order valence-corrected chi connectivity index (χ4v) is 3.16. The molecule has 2 aromatic carbocycles. The first kappa shape index (κ1) is 18.8. The van der Waals surface area contributed by atoms with Crippen LogP contribution in [0.1, 0.15) is 11.1 Å². The third kappa shape index (κ3) is 4.06. The van der Waals surface area contributed by atoms with Gasteiger partial charge in [-0.2, -0.15) is 0 Å². The highest BCUT2D eigenvalue weighted by atomic mass is 32.1. The van der Waals surface area contributed by atoms with Crippen LogP contribution in [0.3, 0.4) is 0 Å². The number of likely N-dealkylation sites (N-methyl/N-ethyl adjacent to an activating group) is 1. The van der Waals surface area contributed by atoms with Crippen LogP contribution >= 0.6 is 12.2 Å². The van der Waals surface area contributed by atoms with Crippen molar-refractivity contribution in [2.75, 3.05) is 20.7 Å². The molecule has 0 amide bonds. The Labute approximate surface area is 163 Å². The summed E-state index contributed by atoms with van der Waals surface area (Å²) >= 11 is 5.60. The normalized spacial score (nSPS) is 10.6. The molecule has 3 rings (SSSR count). The van der Waals surface area contributed by atoms with Crippen LogP contribution in [-0.2, 0) is 4.79 Å². The second-order valence-electron chi connectivity index (χ2n) is 6.36. The van der Waals surface area contributed by atoms with Crippen LogP contribution in [0.5, 0.6) is 5.75 Å². The van der Waals surface area contributed by atoms with Gasteiger partial charge in [-0.25, -0.2) is 4.98 Å². The van der Waals surface area contributed by atoms with Crippen molar-refractivity contribution in [3.8, 4) is 17.0 Å². The van der Waals surface area contributed by atoms with E-state index in [9.17, 15) is 4.79 Å². The average Bonchev–Trinajstić information content (AvgIpc) is 2.66. The fourth-order valence-electron chi connectivity index (χ4n) is 2.93. The van der Waals surface area contributed by atoms with Gasteiger partial charge in [0.1, 0.15) is 17.3 Å². The lowest BCUT2D eigenvalue weighted by Crippen LogP contribution is -2.31. The number of thiocarbonyl (C=S) groups is 1. The minimum Gasteiger partial charge on any atom is -0.497 e. The van der Waals surface area contributed by atoms with E-state index in [-0.39, 0.29) is 6.54 Å². The van der Waals surface area contributed by atoms with Gasteiger partial charge in [-0.05, 0) is 37.3 Å². The zero-order valence-corrected chi connectivity index (χ0v) is 16.2. The first-order valence-electron chi connectivity index (χ1n) is 8.42. The summed E-state index contributed by atoms with van der Waals surface area (Å²) in [7, 11) is 3.31. The smallest absolute Gasteiger partial charge is 0.323 e. The Balaban J connectivity index is 2.19. The molecule has 1 N–H and O–H groups in total. The summed E-state index contributed by atoms with van der Waals surface area (Å²) in [5.74, 6) is -0.187. The minimum absolute atomic E-state index is 0.164. The molecule has 0 aliphatic heterocycles. The van der Waals surface area contributed by atoms with E-state index in [4.69, 9.17) is 27.0 Å². The molecule has 0 saturated heterocycles. The number of aromatic nitrogens is 1. The molecule has 0 aliphatic carbocycles. The van der Waals surface area contributed by atoms with E-state index in [1.54, 1.807) is 19.1 Å². The quantitative estimate of drug-likeness (QED) is 0.677. The van der Waals surface area contributed by atoms with E-state index < -0.39 is 5.97 Å². The monoisotopic (exact) mass is 380 g/mol. The molecule has 1 heterocycles. The maximum absolute atomic E-state index is 11.1. The molecule has 138 valence electrons. The summed E-state index contributed by atoms with van der Waals surface area (Å²) in [5, 5.41) is 10.0. The number of hydrogen-bond acceptors (Lipinski definition) is 4. The Morgan fingerprint density at radius 1 is 1.22 bits per heavy atom. The van der Waals surface area contributed by atoms with Gasteiger partial charge in [-0.1, -0.05) is 36.0 Å². The second kappa shape index (κ2) is 7.72. The molecule has 27 heavy (non-hydrogen) atoms. The molecule has 0 saturated carbocycles. The number of carbonyl (C=O) groups is 1. The minimum atomic E-state index is -0.928. The van der Waals surface area contributed by atoms with Gasteiger partial charge in [-0.15, -0.1) is 0 Å². The van der Waals surface area contributed by atoms with Gasteiger partial charge in [0.15, 0.2) is 0 Å². The van der Waals surface area contributed by atoms with Crippen LogP contribution in [0, 0.1) is 6.92 Å². The van der Waals surface area contributed by atoms with Gasteiger partial charge in [-0.3, -0.25) is 4.79 Å². The number of carboxylic acid groups (broad SMARTS) is 1. The van der Waals surface area contributed by atoms with Crippen LogP contribution in [0.2, 0.25) is 0 Å². The van der Waals surface area contributed by atoms with Crippen molar-refractivity contribution in [3.63, 3.8) is 0 Å². The van der Waals surface area contributed by atoms with Crippen molar-refractivity contribution in [1.29, 1.82) is 0 Å². The van der Waals surface area contributed by atoms with E-state index in [2.05, 4.69) is 0 Å². The predicted octanol–water partition coefficient (Wildman–Crippen LogP) is 3.91. The Morgan fingerprint density at radius 3 is 2.70 bits per heavy atom. The number of ether oxygens (including phenoxy) is 1. The first-order chi connectivity index (χ1) is 12.9. The molecule has 0 atom stereocenters. The van der Waals surface area contributed by atoms with Crippen molar-refractivity contribution >= 4 is 34.1 Å². The number of aryl methyl sites for hydroxylation is 1. The lowest BCUT2D eigenvalue weighted by molar-refractivity contribution is -0.137. The predicted molar refractivity (Wildman–Crippen MR) is 110 cm³/mol. The van der Waals surface area contributed by atoms with Crippen LogP contribution in [-0.4, -0.2) is 46.7 Å². The third-order valence-corrected chi connectivity index (χ3v) is 4.81. The van der Waals surface area contributed by atoms with Crippen LogP contribution in [0.4, 0.5) is 0 Å². The molecule has 0 bridgehead atoms. The number of nitrogens with zero attached hydrogens (tertiary/aromatic N) is 2. The number of methoxy groups -OCH3 is 1. The van der Waals surface area contributed by atoms with Gasteiger partial charge in [0.05, 0.1) is 18.3 Å². The average molecular weight is 380 g/mol. The van der Waals surface area contributed by atoms with Crippen LogP contribution in [0.15, 0.2) is 48.5 Å². The maximum atomic E-state index is 11.1. The van der Waals surface area contributed by atoms with Crippen molar-refractivity contribution in [3.05, 3.63) is 59.7 Å². The molecular formula is C21H20N2O3S. The summed E-state index contributed by atoms with van der Waals surface area (Å²) in [5.41, 5.74) is 4.35. The molecule has 6 heteroatoms. The van der Waals surface area contributed by atoms with Gasteiger partial charge in [0.25, 0.3) is 0 Å². The van der Waals surface area contributed by atoms with E-state index in [0.29, 0.717) is 4.99 Å². The number of benzene rings is 2. The van der Waals surface area contributed by atoms with Crippen molar-refractivity contribution in [2.24, 2.45) is 0 Å². The zero-order chi connectivity index (χ0) is 19.6. The van der Waals surface area contributed by atoms with Crippen LogP contribution < -0.4 is 4.74 Å². The standard InChI is InChI=1S/C21H20N2O3S/c1-13-7-8-18-16(9-13)17(21(27)23(2)12-20(24)25)11-19(22-18)14-5-4-6-15(10-14)26-3/h4-11H,12H2,1-3H3,(H,24,25). The van der Waals surface area contributed by atoms with E-state index in [1.165, 1.54) is 0 Å². The number of hydrogen-bond donors (Lipinski definition) is 1. The van der Waals surface area contributed by atoms with E-state index >= 15 is 0 Å². The maximum Gasteiger partial charge on any atom is 0.323 e. The van der Waals surface area contributed by atoms with Gasteiger partial charge < -0.3 is 14.7 Å². The third-order valence-electron chi connectivity index (χ3n) is 4.28. The Hall–Kier alpha value is -2.99. The highest BCUT2D eigenvalue weighted by Gasteiger charge is 2.16. The fraction of sp³-hybridized carbons (Fsp3) is 0.190. The van der Waals surface area contributed by atoms with Gasteiger partial charge >= 0.3 is 5.97 Å². The summed E-state index contributed by atoms with van der Waals surface area (Å²) in [6, 6.07) is 15.5. The molecule has 0 radical (unpaired) electrons. The zero-order valence-electron chi connectivity index (χ0n) is 15.4. The van der Waals surface area contributed by atoms with Gasteiger partial charge in [0, 0.05) is 23.6 Å². The van der Waals surface area contributed by atoms with Crippen molar-refractivity contribution < 1.29 is 14.6 Å². The molecule has 1 aromatic heterocycles. The van der Waals surface area contributed by atoms with Crippen molar-refractivity contribution in [1.82, 2.24) is 9.88 Å². The number of pyridine rings is 1. The lowest BCUT2D eigenvalue weighted by atomic mass is 10.0. The van der Waals surface area contributed by atoms with Gasteiger partial charge in [0.2, 0.25) is 0 Å². The SMILES string of the molecule is COc1cccc(-c2cc(C(=S)N(C)CC(=O)O)c3cc(C)ccc3n2)c1. The largest absolute Gasteiger partial charge is 0.497 e. The number of aliphatic carboxylic acids is 1. The Kier molecular flexibility index (Phi) is 5.37. The number of rotatable bonds is 5. The highest BCUT2D eigenvalue weighted by molar-refractivity contribution is 7.80. The molecule has 3 aromatic rings. The number of fused-ring (bicyclic) bond motifs is 1. The molecular weight excluding hydrogens is 360 g/mol. The molecule has 0 unspecified atom stereocenters. The number of carboxylic acids is 1. The highest BCUT2D eigenvalue weighted by Crippen LogP contribution is 2.28. The topological polar surface area (TPSA) is 62.7 Å². The van der Waals surface area contributed by atoms with Crippen LogP contribution in [0.25, 0.3) is 22.2 Å². The molecule has 0 aliphatic rings. The first-order valence-corrected chi connectivity index (χ1v) is 8.83. The van der Waals surface area contributed by atoms with E-state index in [1.807, 2.05) is 55.5 Å². The summed E-state index contributed by atoms with van der Waals surface area (Å²) in [6.07, 6.45) is 0.